The fourth-order valence-electron chi connectivity index (χ4n) is 3.96. The van der Waals surface area contributed by atoms with Crippen molar-refractivity contribution >= 4 is 11.6 Å². The van der Waals surface area contributed by atoms with E-state index in [1.807, 2.05) is 10.9 Å². The first-order chi connectivity index (χ1) is 11.1. The Morgan fingerprint density at radius 2 is 2.09 bits per heavy atom. The molecular formula is C17H20ClN3O2. The predicted molar refractivity (Wildman–Crippen MR) is 89.8 cm³/mol. The van der Waals surface area contributed by atoms with E-state index in [9.17, 15) is 9.90 Å². The molecule has 23 heavy (non-hydrogen) atoms. The summed E-state index contributed by atoms with van der Waals surface area (Å²) in [6.07, 6.45) is 4.41. The number of nitrogens with zero attached hydrogens (tertiary/aromatic N) is 2. The van der Waals surface area contributed by atoms with Crippen LogP contribution in [-0.4, -0.2) is 39.4 Å². The molecule has 0 aliphatic carbocycles. The van der Waals surface area contributed by atoms with Crippen LogP contribution in [0.2, 0.25) is 5.02 Å². The molecule has 3 aliphatic rings. The lowest BCUT2D eigenvalue weighted by Crippen LogP contribution is -2.48. The van der Waals surface area contributed by atoms with Gasteiger partial charge in [0.05, 0.1) is 10.6 Å². The zero-order valence-electron chi connectivity index (χ0n) is 12.8. The number of aromatic amines is 1. The average Bonchev–Trinajstić information content (AvgIpc) is 2.92. The van der Waals surface area contributed by atoms with Gasteiger partial charge in [0.2, 0.25) is 0 Å². The lowest BCUT2D eigenvalue weighted by Gasteiger charge is -2.44. The molecule has 5 rings (SSSR count). The molecule has 3 fully saturated rings. The molecule has 0 amide bonds. The first kappa shape index (κ1) is 14.8. The van der Waals surface area contributed by atoms with E-state index < -0.39 is 0 Å². The van der Waals surface area contributed by atoms with Gasteiger partial charge < -0.3 is 10.0 Å². The van der Waals surface area contributed by atoms with Crippen LogP contribution in [0.25, 0.3) is 11.1 Å². The lowest BCUT2D eigenvalue weighted by atomic mass is 9.79. The topological polar surface area (TPSA) is 61.3 Å². The summed E-state index contributed by atoms with van der Waals surface area (Å²) in [6, 6.07) is 4.85. The molecule has 6 heteroatoms. The number of phenolic OH excluding ortho intramolecular Hbond substituents is 1. The fraction of sp³-hybridized carbons (Fsp3) is 0.471. The molecule has 122 valence electrons. The standard InChI is InChI=1S/C17H20ClN3O2/c18-15-7-12(1-2-16(15)22)14-10-21(19-17(14)23)9-13-8-20-5-3-11(13)4-6-20/h1-2,7,10-11,13,22H,3-6,8-9H2,(H,19,23). The van der Waals surface area contributed by atoms with Crippen LogP contribution < -0.4 is 5.56 Å². The summed E-state index contributed by atoms with van der Waals surface area (Å²) in [5.74, 6) is 1.41. The van der Waals surface area contributed by atoms with Crippen molar-refractivity contribution in [2.75, 3.05) is 19.6 Å². The number of phenols is 1. The first-order valence-electron chi connectivity index (χ1n) is 8.11. The Morgan fingerprint density at radius 1 is 1.30 bits per heavy atom. The van der Waals surface area contributed by atoms with Gasteiger partial charge in [0.15, 0.2) is 0 Å². The molecule has 2 aromatic rings. The monoisotopic (exact) mass is 333 g/mol. The van der Waals surface area contributed by atoms with E-state index in [0.717, 1.165) is 24.6 Å². The molecule has 5 nitrogen and oxygen atoms in total. The van der Waals surface area contributed by atoms with E-state index >= 15 is 0 Å². The number of H-pyrrole nitrogens is 1. The van der Waals surface area contributed by atoms with Crippen molar-refractivity contribution in [3.63, 3.8) is 0 Å². The third kappa shape index (κ3) is 2.79. The van der Waals surface area contributed by atoms with Gasteiger partial charge in [-0.3, -0.25) is 14.6 Å². The average molecular weight is 334 g/mol. The molecule has 3 saturated heterocycles. The minimum Gasteiger partial charge on any atom is -0.506 e. The van der Waals surface area contributed by atoms with E-state index in [-0.39, 0.29) is 16.3 Å². The van der Waals surface area contributed by atoms with Crippen LogP contribution in [0.4, 0.5) is 0 Å². The van der Waals surface area contributed by atoms with Crippen molar-refractivity contribution in [1.29, 1.82) is 0 Å². The van der Waals surface area contributed by atoms with Gasteiger partial charge >= 0.3 is 0 Å². The predicted octanol–water partition coefficient (Wildman–Crippen LogP) is 2.54. The van der Waals surface area contributed by atoms with Gasteiger partial charge in [0.25, 0.3) is 5.56 Å². The second kappa shape index (κ2) is 5.73. The Morgan fingerprint density at radius 3 is 2.74 bits per heavy atom. The van der Waals surface area contributed by atoms with Crippen molar-refractivity contribution in [2.24, 2.45) is 11.8 Å². The lowest BCUT2D eigenvalue weighted by molar-refractivity contribution is 0.0404. The number of rotatable bonds is 3. The Kier molecular flexibility index (Phi) is 3.70. The molecule has 2 N–H and O–H groups in total. The van der Waals surface area contributed by atoms with Gasteiger partial charge in [-0.1, -0.05) is 17.7 Å². The molecule has 0 radical (unpaired) electrons. The van der Waals surface area contributed by atoms with E-state index in [4.69, 9.17) is 11.6 Å². The summed E-state index contributed by atoms with van der Waals surface area (Å²) in [7, 11) is 0. The normalized spacial score (nSPS) is 26.6. The van der Waals surface area contributed by atoms with Crippen LogP contribution in [0.1, 0.15) is 12.8 Å². The number of hydrogen-bond acceptors (Lipinski definition) is 3. The van der Waals surface area contributed by atoms with Gasteiger partial charge in [-0.25, -0.2) is 0 Å². The molecule has 4 heterocycles. The molecule has 1 unspecified atom stereocenters. The molecule has 2 bridgehead atoms. The van der Waals surface area contributed by atoms with Crippen LogP contribution in [-0.2, 0) is 6.54 Å². The minimum atomic E-state index is -0.118. The van der Waals surface area contributed by atoms with E-state index in [1.54, 1.807) is 12.1 Å². The molecule has 0 spiro atoms. The number of piperidine rings is 3. The SMILES string of the molecule is O=c1[nH]n(CC2CN3CCC2CC3)cc1-c1ccc(O)c(Cl)c1. The van der Waals surface area contributed by atoms with E-state index in [2.05, 4.69) is 10.00 Å². The number of fused-ring (bicyclic) bond motifs is 3. The van der Waals surface area contributed by atoms with Crippen molar-refractivity contribution in [3.05, 3.63) is 39.8 Å². The fourth-order valence-corrected chi connectivity index (χ4v) is 4.14. The van der Waals surface area contributed by atoms with Gasteiger partial charge in [-0.05, 0) is 55.5 Å². The van der Waals surface area contributed by atoms with Gasteiger partial charge in [0.1, 0.15) is 5.75 Å². The molecule has 1 aromatic carbocycles. The number of halogens is 1. The van der Waals surface area contributed by atoms with Crippen LogP contribution in [0.3, 0.4) is 0 Å². The molecule has 3 aliphatic heterocycles. The summed E-state index contributed by atoms with van der Waals surface area (Å²) < 4.78 is 1.91. The van der Waals surface area contributed by atoms with Crippen LogP contribution in [0.15, 0.2) is 29.2 Å². The Bertz CT molecular complexity index is 774. The van der Waals surface area contributed by atoms with E-state index in [0.29, 0.717) is 11.5 Å². The summed E-state index contributed by atoms with van der Waals surface area (Å²) >= 11 is 5.95. The summed E-state index contributed by atoms with van der Waals surface area (Å²) in [6.45, 7) is 4.43. The van der Waals surface area contributed by atoms with Gasteiger partial charge in [-0.2, -0.15) is 0 Å². The summed E-state index contributed by atoms with van der Waals surface area (Å²) in [4.78, 5) is 14.8. The highest BCUT2D eigenvalue weighted by atomic mass is 35.5. The third-order valence-electron chi connectivity index (χ3n) is 5.26. The Hall–Kier alpha value is -1.72. The number of benzene rings is 1. The molecule has 0 saturated carbocycles. The third-order valence-corrected chi connectivity index (χ3v) is 5.56. The quantitative estimate of drug-likeness (QED) is 0.907. The summed E-state index contributed by atoms with van der Waals surface area (Å²) in [5.41, 5.74) is 1.20. The van der Waals surface area contributed by atoms with Gasteiger partial charge in [0, 0.05) is 19.3 Å². The number of aromatic hydroxyl groups is 1. The second-order valence-electron chi connectivity index (χ2n) is 6.70. The highest BCUT2D eigenvalue weighted by Crippen LogP contribution is 2.33. The highest BCUT2D eigenvalue weighted by molar-refractivity contribution is 6.32. The number of hydrogen-bond donors (Lipinski definition) is 2. The van der Waals surface area contributed by atoms with Crippen molar-refractivity contribution < 1.29 is 5.11 Å². The van der Waals surface area contributed by atoms with Gasteiger partial charge in [-0.15, -0.1) is 0 Å². The van der Waals surface area contributed by atoms with Crippen molar-refractivity contribution in [2.45, 2.75) is 19.4 Å². The zero-order valence-corrected chi connectivity index (χ0v) is 13.6. The maximum absolute atomic E-state index is 12.2. The summed E-state index contributed by atoms with van der Waals surface area (Å²) in [5, 5.41) is 12.7. The van der Waals surface area contributed by atoms with E-state index in [1.165, 1.54) is 32.0 Å². The molecular weight excluding hydrogens is 314 g/mol. The largest absolute Gasteiger partial charge is 0.506 e. The Labute approximate surface area is 139 Å². The smallest absolute Gasteiger partial charge is 0.271 e. The first-order valence-corrected chi connectivity index (χ1v) is 8.48. The van der Waals surface area contributed by atoms with Crippen LogP contribution in [0.5, 0.6) is 5.75 Å². The highest BCUT2D eigenvalue weighted by Gasteiger charge is 2.34. The Balaban J connectivity index is 1.57. The minimum absolute atomic E-state index is 0.0264. The van der Waals surface area contributed by atoms with Crippen LogP contribution in [0, 0.1) is 11.8 Å². The number of aromatic nitrogens is 2. The molecule has 1 aromatic heterocycles. The number of nitrogens with one attached hydrogen (secondary N) is 1. The van der Waals surface area contributed by atoms with Crippen molar-refractivity contribution in [3.8, 4) is 16.9 Å². The maximum atomic E-state index is 12.2. The van der Waals surface area contributed by atoms with Crippen LogP contribution >= 0.6 is 11.6 Å². The van der Waals surface area contributed by atoms with Crippen molar-refractivity contribution in [1.82, 2.24) is 14.7 Å². The molecule has 1 atom stereocenters. The zero-order chi connectivity index (χ0) is 16.0. The maximum Gasteiger partial charge on any atom is 0.271 e. The second-order valence-corrected chi connectivity index (χ2v) is 7.11.